The van der Waals surface area contributed by atoms with Gasteiger partial charge >= 0.3 is 0 Å². The molecule has 0 bridgehead atoms. The van der Waals surface area contributed by atoms with Gasteiger partial charge in [0.1, 0.15) is 0 Å². The van der Waals surface area contributed by atoms with Gasteiger partial charge in [0, 0.05) is 23.9 Å². The molecule has 4 N–H and O–H groups in total. The van der Waals surface area contributed by atoms with E-state index in [9.17, 15) is 9.59 Å². The molecule has 0 radical (unpaired) electrons. The van der Waals surface area contributed by atoms with E-state index in [1.165, 1.54) is 16.9 Å². The van der Waals surface area contributed by atoms with Gasteiger partial charge in [-0.15, -0.1) is 11.3 Å². The quantitative estimate of drug-likeness (QED) is 0.647. The van der Waals surface area contributed by atoms with E-state index in [4.69, 9.17) is 5.73 Å². The van der Waals surface area contributed by atoms with Gasteiger partial charge in [0.15, 0.2) is 5.13 Å². The van der Waals surface area contributed by atoms with Gasteiger partial charge in [0.25, 0.3) is 0 Å². The van der Waals surface area contributed by atoms with Crippen molar-refractivity contribution in [3.63, 3.8) is 0 Å². The predicted molar refractivity (Wildman–Crippen MR) is 110 cm³/mol. The molecule has 0 saturated carbocycles. The van der Waals surface area contributed by atoms with E-state index in [0.717, 1.165) is 5.56 Å². The number of nitrogens with one attached hydrogen (secondary N) is 2. The minimum Gasteiger partial charge on any atom is -0.354 e. The highest BCUT2D eigenvalue weighted by Crippen LogP contribution is 2.18. The van der Waals surface area contributed by atoms with Crippen LogP contribution < -0.4 is 16.4 Å². The molecule has 0 aliphatic rings. The number of thiazole rings is 1. The molecule has 0 fully saturated rings. The first kappa shape index (κ1) is 21.1. The normalized spacial score (nSPS) is 12.3. The zero-order chi connectivity index (χ0) is 20.0. The van der Waals surface area contributed by atoms with Crippen LogP contribution in [0, 0.1) is 5.92 Å². The van der Waals surface area contributed by atoms with Crippen molar-refractivity contribution in [2.24, 2.45) is 11.7 Å². The molecule has 6 nitrogen and oxygen atoms in total. The molecule has 1 aromatic carbocycles. The monoisotopic (exact) mass is 388 g/mol. The molecular formula is C20H28N4O2S. The largest absolute Gasteiger partial charge is 0.354 e. The van der Waals surface area contributed by atoms with Gasteiger partial charge in [0.2, 0.25) is 11.8 Å². The number of hydrogen-bond acceptors (Lipinski definition) is 5. The van der Waals surface area contributed by atoms with Gasteiger partial charge in [-0.1, -0.05) is 52.0 Å². The molecule has 7 heteroatoms. The first-order valence-electron chi connectivity index (χ1n) is 9.13. The Bertz CT molecular complexity index is 769. The predicted octanol–water partition coefficient (Wildman–Crippen LogP) is 3.22. The maximum absolute atomic E-state index is 12.1. The lowest BCUT2D eigenvalue weighted by Gasteiger charge is -2.14. The number of rotatable bonds is 8. The third-order valence-corrected chi connectivity index (χ3v) is 5.00. The van der Waals surface area contributed by atoms with Crippen LogP contribution in [0.25, 0.3) is 0 Å². The first-order chi connectivity index (χ1) is 12.8. The molecule has 0 aliphatic carbocycles. The van der Waals surface area contributed by atoms with Crippen LogP contribution in [-0.2, 0) is 16.0 Å². The van der Waals surface area contributed by atoms with Crippen molar-refractivity contribution in [3.05, 3.63) is 46.5 Å². The Hall–Kier alpha value is -2.25. The summed E-state index contributed by atoms with van der Waals surface area (Å²) < 4.78 is 0. The molecule has 0 aliphatic heterocycles. The van der Waals surface area contributed by atoms with E-state index in [1.807, 2.05) is 26.0 Å². The van der Waals surface area contributed by atoms with Gasteiger partial charge < -0.3 is 16.4 Å². The maximum Gasteiger partial charge on any atom is 0.228 e. The van der Waals surface area contributed by atoms with Crippen LogP contribution in [0.1, 0.15) is 56.5 Å². The smallest absolute Gasteiger partial charge is 0.228 e. The summed E-state index contributed by atoms with van der Waals surface area (Å²) in [6.45, 7) is 8.29. The van der Waals surface area contributed by atoms with E-state index < -0.39 is 0 Å². The fourth-order valence-corrected chi connectivity index (χ4v) is 3.11. The highest BCUT2D eigenvalue weighted by molar-refractivity contribution is 7.13. The first-order valence-corrected chi connectivity index (χ1v) is 10.0. The van der Waals surface area contributed by atoms with Gasteiger partial charge in [-0.2, -0.15) is 0 Å². The Morgan fingerprint density at radius 2 is 1.74 bits per heavy atom. The Morgan fingerprint density at radius 1 is 1.11 bits per heavy atom. The van der Waals surface area contributed by atoms with Crippen molar-refractivity contribution < 1.29 is 9.59 Å². The summed E-state index contributed by atoms with van der Waals surface area (Å²) in [5, 5.41) is 7.87. The molecule has 2 rings (SSSR count). The van der Waals surface area contributed by atoms with E-state index in [2.05, 4.69) is 41.6 Å². The van der Waals surface area contributed by atoms with E-state index >= 15 is 0 Å². The zero-order valence-electron chi connectivity index (χ0n) is 16.3. The molecule has 2 amide bonds. The SMILES string of the molecule is CC(C)C(=O)Nc1nc(CC(=O)NCC(N)c2ccc(C(C)C)cc2)cs1. The van der Waals surface area contributed by atoms with Crippen LogP contribution in [0.5, 0.6) is 0 Å². The molecule has 0 spiro atoms. The number of carbonyl (C=O) groups excluding carboxylic acids is 2. The highest BCUT2D eigenvalue weighted by Gasteiger charge is 2.13. The summed E-state index contributed by atoms with van der Waals surface area (Å²) in [6.07, 6.45) is 0.160. The van der Waals surface area contributed by atoms with Gasteiger partial charge in [-0.3, -0.25) is 9.59 Å². The van der Waals surface area contributed by atoms with Crippen LogP contribution in [0.3, 0.4) is 0 Å². The third kappa shape index (κ3) is 6.45. The van der Waals surface area contributed by atoms with Gasteiger partial charge in [-0.25, -0.2) is 4.98 Å². The lowest BCUT2D eigenvalue weighted by molar-refractivity contribution is -0.120. The van der Waals surface area contributed by atoms with Crippen LogP contribution >= 0.6 is 11.3 Å². The minimum absolute atomic E-state index is 0.0881. The fraction of sp³-hybridized carbons (Fsp3) is 0.450. The number of anilines is 1. The molecule has 2 aromatic rings. The molecule has 1 unspecified atom stereocenters. The minimum atomic E-state index is -0.258. The third-order valence-electron chi connectivity index (χ3n) is 4.20. The molecule has 27 heavy (non-hydrogen) atoms. The molecule has 1 atom stereocenters. The summed E-state index contributed by atoms with van der Waals surface area (Å²) >= 11 is 1.31. The van der Waals surface area contributed by atoms with E-state index in [-0.39, 0.29) is 30.2 Å². The van der Waals surface area contributed by atoms with Crippen molar-refractivity contribution in [1.29, 1.82) is 0 Å². The second kappa shape index (κ2) is 9.62. The topological polar surface area (TPSA) is 97.1 Å². The lowest BCUT2D eigenvalue weighted by atomic mass is 9.99. The summed E-state index contributed by atoms with van der Waals surface area (Å²) in [5.74, 6) is 0.131. The summed E-state index contributed by atoms with van der Waals surface area (Å²) in [5.41, 5.74) is 9.06. The maximum atomic E-state index is 12.1. The van der Waals surface area contributed by atoms with Gasteiger partial charge in [0.05, 0.1) is 12.1 Å². The Balaban J connectivity index is 1.82. The van der Waals surface area contributed by atoms with Crippen molar-refractivity contribution in [2.75, 3.05) is 11.9 Å². The summed E-state index contributed by atoms with van der Waals surface area (Å²) in [4.78, 5) is 28.1. The van der Waals surface area contributed by atoms with Gasteiger partial charge in [-0.05, 0) is 17.0 Å². The second-order valence-corrected chi connectivity index (χ2v) is 8.05. The highest BCUT2D eigenvalue weighted by atomic mass is 32.1. The Kier molecular flexibility index (Phi) is 7.50. The number of nitrogens with zero attached hydrogens (tertiary/aromatic N) is 1. The van der Waals surface area contributed by atoms with Crippen molar-refractivity contribution in [2.45, 2.75) is 46.1 Å². The van der Waals surface area contributed by atoms with Crippen LogP contribution in [0.4, 0.5) is 5.13 Å². The lowest BCUT2D eigenvalue weighted by Crippen LogP contribution is -2.33. The zero-order valence-corrected chi connectivity index (χ0v) is 17.1. The Morgan fingerprint density at radius 3 is 2.33 bits per heavy atom. The Labute approximate surface area is 164 Å². The summed E-state index contributed by atoms with van der Waals surface area (Å²) in [6, 6.07) is 7.91. The van der Waals surface area contributed by atoms with Crippen LogP contribution in [0.2, 0.25) is 0 Å². The number of nitrogens with two attached hydrogens (primary N) is 1. The average molecular weight is 389 g/mol. The number of aromatic nitrogens is 1. The average Bonchev–Trinajstić information content (AvgIpc) is 3.06. The molecule has 146 valence electrons. The van der Waals surface area contributed by atoms with Crippen molar-refractivity contribution >= 4 is 28.3 Å². The number of benzene rings is 1. The molecular weight excluding hydrogens is 360 g/mol. The van der Waals surface area contributed by atoms with Crippen molar-refractivity contribution in [3.8, 4) is 0 Å². The van der Waals surface area contributed by atoms with Crippen molar-refractivity contribution in [1.82, 2.24) is 10.3 Å². The molecule has 1 aromatic heterocycles. The second-order valence-electron chi connectivity index (χ2n) is 7.20. The molecule has 1 heterocycles. The standard InChI is InChI=1S/C20H28N4O2S/c1-12(2)14-5-7-15(8-6-14)17(21)10-22-18(25)9-16-11-27-20(23-16)24-19(26)13(3)4/h5-8,11-13,17H,9-10,21H2,1-4H3,(H,22,25)(H,23,24,26). The molecule has 0 saturated heterocycles. The fourth-order valence-electron chi connectivity index (χ4n) is 2.39. The summed E-state index contributed by atoms with van der Waals surface area (Å²) in [7, 11) is 0. The van der Waals surface area contributed by atoms with E-state index in [1.54, 1.807) is 5.38 Å². The number of hydrogen-bond donors (Lipinski definition) is 3. The number of amides is 2. The number of carbonyl (C=O) groups is 2. The van der Waals surface area contributed by atoms with E-state index in [0.29, 0.717) is 23.3 Å². The van der Waals surface area contributed by atoms with Crippen LogP contribution in [-0.4, -0.2) is 23.3 Å². The van der Waals surface area contributed by atoms with Crippen LogP contribution in [0.15, 0.2) is 29.6 Å².